The van der Waals surface area contributed by atoms with Crippen LogP contribution in [-0.4, -0.2) is 51.7 Å². The Morgan fingerprint density at radius 3 is 2.36 bits per heavy atom. The molecule has 9 heteroatoms. The van der Waals surface area contributed by atoms with Crippen molar-refractivity contribution in [1.82, 2.24) is 9.88 Å². The standard InChI is InChI=1S/C16H21N3O4S2/c1-11-14(24-16(17-11)19(3)25(5,21)22)15(20)18(2)10-12-6-8-13(23-4)9-7-12/h6-9H,10H2,1-5H3. The fourth-order valence-corrected chi connectivity index (χ4v) is 3.88. The van der Waals surface area contributed by atoms with Crippen molar-refractivity contribution in [3.05, 3.63) is 40.4 Å². The lowest BCUT2D eigenvalue weighted by Crippen LogP contribution is -2.26. The predicted octanol–water partition coefficient (Wildman–Crippen LogP) is 2.13. The Hall–Kier alpha value is -2.13. The smallest absolute Gasteiger partial charge is 0.265 e. The SMILES string of the molecule is COc1ccc(CN(C)C(=O)c2sc(N(C)S(C)(=O)=O)nc2C)cc1. The molecule has 0 N–H and O–H groups in total. The van der Waals surface area contributed by atoms with Gasteiger partial charge in [0.05, 0.1) is 19.1 Å². The first-order valence-corrected chi connectivity index (χ1v) is 10.1. The molecule has 0 aliphatic rings. The minimum absolute atomic E-state index is 0.195. The summed E-state index contributed by atoms with van der Waals surface area (Å²) in [6.45, 7) is 2.13. The summed E-state index contributed by atoms with van der Waals surface area (Å²) in [5.41, 5.74) is 1.48. The third-order valence-electron chi connectivity index (χ3n) is 3.67. The molecule has 0 fully saturated rings. The number of benzene rings is 1. The molecule has 1 aromatic heterocycles. The molecule has 1 heterocycles. The number of hydrogen-bond donors (Lipinski definition) is 0. The lowest BCUT2D eigenvalue weighted by molar-refractivity contribution is 0.0789. The molecular formula is C16H21N3O4S2. The summed E-state index contributed by atoms with van der Waals surface area (Å²) in [4.78, 5) is 18.9. The number of amides is 1. The average Bonchev–Trinajstić information content (AvgIpc) is 2.94. The van der Waals surface area contributed by atoms with E-state index in [-0.39, 0.29) is 11.0 Å². The Labute approximate surface area is 151 Å². The van der Waals surface area contributed by atoms with E-state index in [1.54, 1.807) is 26.0 Å². The number of carbonyl (C=O) groups excluding carboxylic acids is 1. The fourth-order valence-electron chi connectivity index (χ4n) is 2.11. The van der Waals surface area contributed by atoms with E-state index in [4.69, 9.17) is 4.74 Å². The molecule has 0 radical (unpaired) electrons. The minimum Gasteiger partial charge on any atom is -0.497 e. The summed E-state index contributed by atoms with van der Waals surface area (Å²) < 4.78 is 29.5. The van der Waals surface area contributed by atoms with E-state index in [1.165, 1.54) is 7.05 Å². The predicted molar refractivity (Wildman–Crippen MR) is 98.9 cm³/mol. The first-order chi connectivity index (χ1) is 11.6. The Balaban J connectivity index is 2.17. The zero-order chi connectivity index (χ0) is 18.8. The molecule has 2 aromatic rings. The molecule has 25 heavy (non-hydrogen) atoms. The van der Waals surface area contributed by atoms with Crippen LogP contribution < -0.4 is 9.04 Å². The summed E-state index contributed by atoms with van der Waals surface area (Å²) >= 11 is 1.07. The lowest BCUT2D eigenvalue weighted by atomic mass is 10.2. The average molecular weight is 383 g/mol. The van der Waals surface area contributed by atoms with Crippen LogP contribution >= 0.6 is 11.3 Å². The van der Waals surface area contributed by atoms with Crippen molar-refractivity contribution in [2.75, 3.05) is 31.8 Å². The summed E-state index contributed by atoms with van der Waals surface area (Å²) in [6, 6.07) is 7.46. The van der Waals surface area contributed by atoms with Crippen LogP contribution in [-0.2, 0) is 16.6 Å². The number of hydrogen-bond acceptors (Lipinski definition) is 6. The largest absolute Gasteiger partial charge is 0.497 e. The molecule has 0 bridgehead atoms. The summed E-state index contributed by atoms with van der Waals surface area (Å²) in [6.07, 6.45) is 1.10. The second kappa shape index (κ2) is 7.40. The van der Waals surface area contributed by atoms with E-state index in [1.807, 2.05) is 24.3 Å². The molecule has 1 amide bonds. The van der Waals surface area contributed by atoms with Crippen LogP contribution in [0.3, 0.4) is 0 Å². The van der Waals surface area contributed by atoms with Gasteiger partial charge in [0.15, 0.2) is 5.13 Å². The number of carbonyl (C=O) groups is 1. The summed E-state index contributed by atoms with van der Waals surface area (Å²) in [7, 11) is 1.30. The maximum Gasteiger partial charge on any atom is 0.265 e. The third-order valence-corrected chi connectivity index (χ3v) is 6.18. The van der Waals surface area contributed by atoms with Crippen molar-refractivity contribution >= 4 is 32.4 Å². The zero-order valence-electron chi connectivity index (χ0n) is 14.8. The van der Waals surface area contributed by atoms with Crippen LogP contribution in [0.25, 0.3) is 0 Å². The topological polar surface area (TPSA) is 79.8 Å². The van der Waals surface area contributed by atoms with Crippen molar-refractivity contribution in [1.29, 1.82) is 0 Å². The number of aryl methyl sites for hydroxylation is 1. The van der Waals surface area contributed by atoms with Gasteiger partial charge in [-0.3, -0.25) is 4.79 Å². The molecule has 0 atom stereocenters. The van der Waals surface area contributed by atoms with Gasteiger partial charge >= 0.3 is 0 Å². The van der Waals surface area contributed by atoms with Gasteiger partial charge in [0.2, 0.25) is 10.0 Å². The highest BCUT2D eigenvalue weighted by Gasteiger charge is 2.23. The van der Waals surface area contributed by atoms with E-state index in [2.05, 4.69) is 4.98 Å². The normalized spacial score (nSPS) is 11.2. The summed E-state index contributed by atoms with van der Waals surface area (Å²) in [5.74, 6) is 0.559. The van der Waals surface area contributed by atoms with Crippen molar-refractivity contribution in [3.63, 3.8) is 0 Å². The van der Waals surface area contributed by atoms with Crippen molar-refractivity contribution < 1.29 is 17.9 Å². The van der Waals surface area contributed by atoms with E-state index in [0.29, 0.717) is 17.1 Å². The fraction of sp³-hybridized carbons (Fsp3) is 0.375. The van der Waals surface area contributed by atoms with Gasteiger partial charge in [-0.15, -0.1) is 0 Å². The Morgan fingerprint density at radius 1 is 1.24 bits per heavy atom. The zero-order valence-corrected chi connectivity index (χ0v) is 16.4. The van der Waals surface area contributed by atoms with E-state index in [9.17, 15) is 13.2 Å². The van der Waals surface area contributed by atoms with Crippen molar-refractivity contribution in [3.8, 4) is 5.75 Å². The molecule has 7 nitrogen and oxygen atoms in total. The number of ether oxygens (including phenoxy) is 1. The number of nitrogens with zero attached hydrogens (tertiary/aromatic N) is 3. The highest BCUT2D eigenvalue weighted by Crippen LogP contribution is 2.28. The number of rotatable bonds is 6. The number of thiazole rings is 1. The van der Waals surface area contributed by atoms with E-state index >= 15 is 0 Å². The maximum atomic E-state index is 12.7. The highest BCUT2D eigenvalue weighted by atomic mass is 32.2. The van der Waals surface area contributed by atoms with Gasteiger partial charge in [0.25, 0.3) is 5.91 Å². The van der Waals surface area contributed by atoms with Gasteiger partial charge in [-0.05, 0) is 24.6 Å². The quantitative estimate of drug-likeness (QED) is 0.763. The van der Waals surface area contributed by atoms with E-state index in [0.717, 1.165) is 33.2 Å². The molecule has 0 saturated heterocycles. The lowest BCUT2D eigenvalue weighted by Gasteiger charge is -2.17. The maximum absolute atomic E-state index is 12.7. The van der Waals surface area contributed by atoms with Crippen molar-refractivity contribution in [2.24, 2.45) is 0 Å². The van der Waals surface area contributed by atoms with Gasteiger partial charge < -0.3 is 9.64 Å². The van der Waals surface area contributed by atoms with Crippen LogP contribution in [0.1, 0.15) is 20.9 Å². The Kier molecular flexibility index (Phi) is 5.69. The molecule has 0 unspecified atom stereocenters. The third kappa shape index (κ3) is 4.49. The van der Waals surface area contributed by atoms with Crippen LogP contribution in [0.15, 0.2) is 24.3 Å². The first-order valence-electron chi connectivity index (χ1n) is 7.43. The summed E-state index contributed by atoms with van der Waals surface area (Å²) in [5, 5.41) is 0.279. The molecule has 1 aromatic carbocycles. The number of aromatic nitrogens is 1. The molecule has 0 spiro atoms. The van der Waals surface area contributed by atoms with Gasteiger partial charge in [-0.1, -0.05) is 23.5 Å². The number of methoxy groups -OCH3 is 1. The van der Waals surface area contributed by atoms with Crippen molar-refractivity contribution in [2.45, 2.75) is 13.5 Å². The van der Waals surface area contributed by atoms with Gasteiger partial charge in [0.1, 0.15) is 10.6 Å². The van der Waals surface area contributed by atoms with E-state index < -0.39 is 10.0 Å². The molecule has 0 saturated carbocycles. The Morgan fingerprint density at radius 2 is 1.84 bits per heavy atom. The molecule has 2 rings (SSSR count). The van der Waals surface area contributed by atoms with Crippen LogP contribution in [0.2, 0.25) is 0 Å². The molecule has 0 aliphatic carbocycles. The van der Waals surface area contributed by atoms with Gasteiger partial charge in [-0.25, -0.2) is 17.7 Å². The molecule has 0 aliphatic heterocycles. The Bertz CT molecular complexity index is 860. The molecular weight excluding hydrogens is 362 g/mol. The number of anilines is 1. The monoisotopic (exact) mass is 383 g/mol. The second-order valence-corrected chi connectivity index (χ2v) is 8.64. The van der Waals surface area contributed by atoms with Gasteiger partial charge in [-0.2, -0.15) is 0 Å². The number of sulfonamides is 1. The highest BCUT2D eigenvalue weighted by molar-refractivity contribution is 7.92. The van der Waals surface area contributed by atoms with Gasteiger partial charge in [0, 0.05) is 20.6 Å². The van der Waals surface area contributed by atoms with Crippen LogP contribution in [0.5, 0.6) is 5.75 Å². The second-order valence-electron chi connectivity index (χ2n) is 5.65. The minimum atomic E-state index is -3.42. The first kappa shape index (κ1) is 19.2. The van der Waals surface area contributed by atoms with Crippen LogP contribution in [0, 0.1) is 6.92 Å². The molecule has 136 valence electrons. The van der Waals surface area contributed by atoms with Crippen LogP contribution in [0.4, 0.5) is 5.13 Å².